The zero-order chi connectivity index (χ0) is 11.4. The second-order valence-electron chi connectivity index (χ2n) is 3.22. The van der Waals surface area contributed by atoms with Crippen molar-refractivity contribution in [2.75, 3.05) is 13.6 Å². The molecule has 82 valence electrons. The zero-order valence-corrected chi connectivity index (χ0v) is 9.78. The molecule has 0 unspecified atom stereocenters. The van der Waals surface area contributed by atoms with Gasteiger partial charge < -0.3 is 10.0 Å². The molecule has 1 aromatic rings. The van der Waals surface area contributed by atoms with Crippen LogP contribution < -0.4 is 0 Å². The van der Waals surface area contributed by atoms with E-state index in [1.807, 2.05) is 18.9 Å². The summed E-state index contributed by atoms with van der Waals surface area (Å²) in [5.74, 6) is -0.156. The Morgan fingerprint density at radius 2 is 2.33 bits per heavy atom. The van der Waals surface area contributed by atoms with Crippen molar-refractivity contribution < 1.29 is 5.11 Å². The van der Waals surface area contributed by atoms with E-state index in [2.05, 4.69) is 9.98 Å². The van der Waals surface area contributed by atoms with Crippen LogP contribution in [0.15, 0.2) is 11.1 Å². The molecule has 0 aliphatic heterocycles. The SMILES string of the molecule is CCN(C)/C=N/c1cc(Cl)c(O)nc1C. The first-order chi connectivity index (χ1) is 7.04. The van der Waals surface area contributed by atoms with Crippen molar-refractivity contribution in [1.82, 2.24) is 9.88 Å². The van der Waals surface area contributed by atoms with Gasteiger partial charge in [-0.3, -0.25) is 0 Å². The van der Waals surface area contributed by atoms with Crippen LogP contribution in [0.25, 0.3) is 0 Å². The monoisotopic (exact) mass is 227 g/mol. The number of hydrogen-bond donors (Lipinski definition) is 1. The normalized spacial score (nSPS) is 10.9. The standard InChI is InChI=1S/C10H14ClN3O/c1-4-14(3)6-12-9-5-8(11)10(15)13-7(9)2/h5-6H,4H2,1-3H3,(H,13,15)/b12-6+. The number of aliphatic imine (C=N–C) groups is 1. The maximum Gasteiger partial charge on any atom is 0.230 e. The summed E-state index contributed by atoms with van der Waals surface area (Å²) in [7, 11) is 1.92. The Morgan fingerprint density at radius 3 is 2.93 bits per heavy atom. The molecule has 0 aliphatic rings. The van der Waals surface area contributed by atoms with Crippen LogP contribution in [0.4, 0.5) is 5.69 Å². The third kappa shape index (κ3) is 3.09. The molecule has 0 amide bonds. The van der Waals surface area contributed by atoms with E-state index in [-0.39, 0.29) is 10.9 Å². The molecule has 15 heavy (non-hydrogen) atoms. The Balaban J connectivity index is 2.95. The minimum absolute atomic E-state index is 0.156. The highest BCUT2D eigenvalue weighted by Crippen LogP contribution is 2.27. The van der Waals surface area contributed by atoms with Crippen molar-refractivity contribution >= 4 is 23.6 Å². The van der Waals surface area contributed by atoms with Crippen LogP contribution in [0.2, 0.25) is 5.02 Å². The summed E-state index contributed by atoms with van der Waals surface area (Å²) in [6.07, 6.45) is 1.71. The highest BCUT2D eigenvalue weighted by Gasteiger charge is 2.04. The van der Waals surface area contributed by atoms with Crippen LogP contribution in [0, 0.1) is 6.92 Å². The van der Waals surface area contributed by atoms with E-state index >= 15 is 0 Å². The lowest BCUT2D eigenvalue weighted by Gasteiger charge is -2.08. The molecule has 5 heteroatoms. The van der Waals surface area contributed by atoms with Crippen LogP contribution in [-0.4, -0.2) is 34.9 Å². The Bertz CT molecular complexity index is 379. The van der Waals surface area contributed by atoms with Crippen molar-refractivity contribution in [3.8, 4) is 5.88 Å². The first-order valence-corrected chi connectivity index (χ1v) is 5.03. The van der Waals surface area contributed by atoms with Gasteiger partial charge in [-0.05, 0) is 19.9 Å². The van der Waals surface area contributed by atoms with Gasteiger partial charge in [0, 0.05) is 13.6 Å². The molecule has 1 heterocycles. The Kier molecular flexibility index (Phi) is 3.91. The van der Waals surface area contributed by atoms with Crippen LogP contribution in [-0.2, 0) is 0 Å². The Hall–Kier alpha value is -1.29. The molecule has 0 bridgehead atoms. The molecule has 0 fully saturated rings. The van der Waals surface area contributed by atoms with E-state index in [1.165, 1.54) is 0 Å². The average molecular weight is 228 g/mol. The lowest BCUT2D eigenvalue weighted by Crippen LogP contribution is -2.14. The number of rotatable bonds is 3. The van der Waals surface area contributed by atoms with E-state index < -0.39 is 0 Å². The van der Waals surface area contributed by atoms with E-state index in [0.717, 1.165) is 6.54 Å². The van der Waals surface area contributed by atoms with Gasteiger partial charge in [-0.15, -0.1) is 0 Å². The lowest BCUT2D eigenvalue weighted by atomic mass is 10.3. The van der Waals surface area contributed by atoms with Gasteiger partial charge in [0.25, 0.3) is 0 Å². The summed E-state index contributed by atoms with van der Waals surface area (Å²) in [6.45, 7) is 4.68. The largest absolute Gasteiger partial charge is 0.492 e. The molecule has 0 saturated heterocycles. The first kappa shape index (κ1) is 11.8. The molecule has 0 radical (unpaired) electrons. The second-order valence-corrected chi connectivity index (χ2v) is 3.62. The zero-order valence-electron chi connectivity index (χ0n) is 9.03. The summed E-state index contributed by atoms with van der Waals surface area (Å²) in [6, 6.07) is 1.60. The first-order valence-electron chi connectivity index (χ1n) is 4.65. The van der Waals surface area contributed by atoms with Gasteiger partial charge >= 0.3 is 0 Å². The number of hydrogen-bond acceptors (Lipinski definition) is 3. The molecule has 1 rings (SSSR count). The maximum absolute atomic E-state index is 9.24. The predicted molar refractivity (Wildman–Crippen MR) is 62.1 cm³/mol. The van der Waals surface area contributed by atoms with Gasteiger partial charge in [-0.25, -0.2) is 9.98 Å². The molecule has 0 aromatic carbocycles. The van der Waals surface area contributed by atoms with Crippen molar-refractivity contribution in [3.05, 3.63) is 16.8 Å². The van der Waals surface area contributed by atoms with Crippen LogP contribution in [0.5, 0.6) is 5.88 Å². The molecule has 0 aliphatic carbocycles. The van der Waals surface area contributed by atoms with Gasteiger partial charge in [-0.2, -0.15) is 0 Å². The quantitative estimate of drug-likeness (QED) is 0.637. The van der Waals surface area contributed by atoms with Gasteiger partial charge in [0.15, 0.2) is 0 Å². The van der Waals surface area contributed by atoms with Crippen LogP contribution >= 0.6 is 11.6 Å². The third-order valence-corrected chi connectivity index (χ3v) is 2.29. The summed E-state index contributed by atoms with van der Waals surface area (Å²) >= 11 is 5.73. The van der Waals surface area contributed by atoms with E-state index in [0.29, 0.717) is 11.4 Å². The summed E-state index contributed by atoms with van der Waals surface area (Å²) in [4.78, 5) is 10.0. The average Bonchev–Trinajstić information content (AvgIpc) is 2.21. The Morgan fingerprint density at radius 1 is 1.67 bits per heavy atom. The molecular formula is C10H14ClN3O. The number of halogens is 1. The van der Waals surface area contributed by atoms with Gasteiger partial charge in [0.2, 0.25) is 5.88 Å². The van der Waals surface area contributed by atoms with E-state index in [1.54, 1.807) is 19.3 Å². The molecule has 0 spiro atoms. The highest BCUT2D eigenvalue weighted by molar-refractivity contribution is 6.32. The molecular weight excluding hydrogens is 214 g/mol. The predicted octanol–water partition coefficient (Wildman–Crippen LogP) is 2.36. The molecule has 1 N–H and O–H groups in total. The topological polar surface area (TPSA) is 48.7 Å². The van der Waals surface area contributed by atoms with Crippen molar-refractivity contribution in [3.63, 3.8) is 0 Å². The molecule has 0 atom stereocenters. The van der Waals surface area contributed by atoms with Crippen LogP contribution in [0.1, 0.15) is 12.6 Å². The highest BCUT2D eigenvalue weighted by atomic mass is 35.5. The summed E-state index contributed by atoms with van der Waals surface area (Å²) in [5, 5.41) is 9.46. The number of aryl methyl sites for hydroxylation is 1. The van der Waals surface area contributed by atoms with Gasteiger partial charge in [-0.1, -0.05) is 11.6 Å². The smallest absolute Gasteiger partial charge is 0.230 e. The van der Waals surface area contributed by atoms with Crippen molar-refractivity contribution in [1.29, 1.82) is 0 Å². The summed E-state index contributed by atoms with van der Waals surface area (Å²) < 4.78 is 0. The lowest BCUT2D eigenvalue weighted by molar-refractivity contribution is 0.452. The van der Waals surface area contributed by atoms with Crippen molar-refractivity contribution in [2.45, 2.75) is 13.8 Å². The molecule has 1 aromatic heterocycles. The fraction of sp³-hybridized carbons (Fsp3) is 0.400. The minimum Gasteiger partial charge on any atom is -0.492 e. The third-order valence-electron chi connectivity index (χ3n) is 2.01. The van der Waals surface area contributed by atoms with Gasteiger partial charge in [0.05, 0.1) is 17.7 Å². The number of aromatic nitrogens is 1. The number of aromatic hydroxyl groups is 1. The van der Waals surface area contributed by atoms with E-state index in [9.17, 15) is 5.11 Å². The second kappa shape index (κ2) is 4.98. The molecule has 4 nitrogen and oxygen atoms in total. The van der Waals surface area contributed by atoms with Crippen LogP contribution in [0.3, 0.4) is 0 Å². The van der Waals surface area contributed by atoms with Gasteiger partial charge in [0.1, 0.15) is 5.02 Å². The summed E-state index contributed by atoms with van der Waals surface area (Å²) in [5.41, 5.74) is 1.32. The van der Waals surface area contributed by atoms with E-state index in [4.69, 9.17) is 11.6 Å². The fourth-order valence-electron chi connectivity index (χ4n) is 0.932. The fourth-order valence-corrected chi connectivity index (χ4v) is 1.08. The maximum atomic E-state index is 9.24. The number of nitrogens with zero attached hydrogens (tertiary/aromatic N) is 3. The number of pyridine rings is 1. The minimum atomic E-state index is -0.156. The molecule has 0 saturated carbocycles. The Labute approximate surface area is 94.2 Å². The van der Waals surface area contributed by atoms with Crippen molar-refractivity contribution in [2.24, 2.45) is 4.99 Å².